The van der Waals surface area contributed by atoms with Crippen molar-refractivity contribution < 1.29 is 34.2 Å². The van der Waals surface area contributed by atoms with Crippen LogP contribution in [0.15, 0.2) is 36.4 Å². The number of aromatic hydroxyl groups is 1. The topological polar surface area (TPSA) is 158 Å². The van der Waals surface area contributed by atoms with Gasteiger partial charge in [0.05, 0.1) is 17.5 Å². The van der Waals surface area contributed by atoms with Crippen LogP contribution in [0.2, 0.25) is 0 Å². The molecule has 1 heterocycles. The summed E-state index contributed by atoms with van der Waals surface area (Å²) in [4.78, 5) is 70.7. The number of fused-ring (bicyclic) bond motifs is 3. The Morgan fingerprint density at radius 2 is 1.77 bits per heavy atom. The highest BCUT2D eigenvalue weighted by atomic mass is 16.3. The third-order valence-electron chi connectivity index (χ3n) is 10.4. The van der Waals surface area contributed by atoms with E-state index < -0.39 is 64.4 Å². The lowest BCUT2D eigenvalue weighted by atomic mass is 9.52. The molecule has 226 valence electrons. The number of nitrogens with zero attached hydrogens (tertiary/aromatic N) is 2. The number of hydrogen-bond acceptors (Lipinski definition) is 9. The van der Waals surface area contributed by atoms with E-state index in [4.69, 9.17) is 5.73 Å². The monoisotopic (exact) mass is 587 g/mol. The molecule has 4 aliphatic rings. The first kappa shape index (κ1) is 29.3. The van der Waals surface area contributed by atoms with Gasteiger partial charge in [-0.15, -0.1) is 0 Å². The molecule has 0 bridgehead atoms. The Morgan fingerprint density at radius 1 is 1.07 bits per heavy atom. The third kappa shape index (κ3) is 4.38. The second-order valence-electron chi connectivity index (χ2n) is 13.0. The summed E-state index contributed by atoms with van der Waals surface area (Å²) < 4.78 is 0. The fourth-order valence-corrected chi connectivity index (χ4v) is 8.20. The van der Waals surface area contributed by atoms with Crippen LogP contribution >= 0.6 is 0 Å². The molecule has 2 saturated carbocycles. The highest BCUT2D eigenvalue weighted by Gasteiger charge is 2.69. The summed E-state index contributed by atoms with van der Waals surface area (Å²) in [6, 6.07) is 10.7. The van der Waals surface area contributed by atoms with Gasteiger partial charge in [0.25, 0.3) is 0 Å². The fourth-order valence-electron chi connectivity index (χ4n) is 8.20. The lowest BCUT2D eigenvalue weighted by Crippen LogP contribution is -2.74. The van der Waals surface area contributed by atoms with Gasteiger partial charge in [-0.2, -0.15) is 0 Å². The molecule has 1 aliphatic heterocycles. The van der Waals surface area contributed by atoms with Gasteiger partial charge in [-0.25, -0.2) is 0 Å². The smallest absolute Gasteiger partial charge is 0.235 e. The van der Waals surface area contributed by atoms with E-state index in [0.29, 0.717) is 11.6 Å². The first-order chi connectivity index (χ1) is 20.4. The van der Waals surface area contributed by atoms with Crippen LogP contribution in [0, 0.1) is 23.7 Å². The molecule has 3 unspecified atom stereocenters. The van der Waals surface area contributed by atoms with Crippen molar-refractivity contribution in [1.29, 1.82) is 0 Å². The fraction of sp³-hybridized carbons (Fsp3) is 0.485. The summed E-state index contributed by atoms with van der Waals surface area (Å²) in [6.07, 6.45) is 3.55. The molecule has 6 rings (SSSR count). The number of carbonyl (C=O) groups excluding carboxylic acids is 5. The standard InChI is InChI=1S/C33H37N3O7/c1-35(2)27-22-15-18-14-21-20(17-8-6-16(7-9-17)13-19-5-4-12-36(19)3)10-11-23(37)25(21)28(38)24(18)30(40)33(22,43)31(41)26(29(27)39)32(34)42/h6-11,18-19,22,24,26-27,37,43H,4-5,12-15H2,1-3H3,(H2,34,42)/t18-,19?,22-,24?,26?,27-,33-/m0/s1. The van der Waals surface area contributed by atoms with Gasteiger partial charge in [-0.05, 0) is 94.0 Å². The predicted molar refractivity (Wildman–Crippen MR) is 156 cm³/mol. The molecule has 1 amide bonds. The number of benzene rings is 2. The normalized spacial score (nSPS) is 32.5. The van der Waals surface area contributed by atoms with Crippen LogP contribution in [0.4, 0.5) is 0 Å². The third-order valence-corrected chi connectivity index (χ3v) is 10.4. The molecule has 0 spiro atoms. The molecule has 0 aromatic heterocycles. The lowest BCUT2D eigenvalue weighted by Gasteiger charge is -2.52. The number of likely N-dealkylation sites (N-methyl/N-ethyl adjacent to an activating group) is 2. The number of ketones is 4. The number of phenols is 1. The Kier molecular flexibility index (Phi) is 7.14. The van der Waals surface area contributed by atoms with Crippen LogP contribution < -0.4 is 5.73 Å². The van der Waals surface area contributed by atoms with Crippen LogP contribution in [0.25, 0.3) is 11.1 Å². The molecular weight excluding hydrogens is 550 g/mol. The maximum Gasteiger partial charge on any atom is 0.235 e. The number of nitrogens with two attached hydrogens (primary N) is 1. The van der Waals surface area contributed by atoms with Crippen molar-refractivity contribution in [3.63, 3.8) is 0 Å². The molecule has 2 aromatic rings. The van der Waals surface area contributed by atoms with Gasteiger partial charge in [0.15, 0.2) is 34.7 Å². The average Bonchev–Trinajstić information content (AvgIpc) is 3.35. The second-order valence-corrected chi connectivity index (χ2v) is 13.0. The zero-order valence-corrected chi connectivity index (χ0v) is 24.6. The van der Waals surface area contributed by atoms with Crippen molar-refractivity contribution in [2.75, 3.05) is 27.7 Å². The Balaban J connectivity index is 1.38. The number of hydrogen-bond donors (Lipinski definition) is 3. The lowest BCUT2D eigenvalue weighted by molar-refractivity contribution is -0.181. The maximum absolute atomic E-state index is 14.0. The van der Waals surface area contributed by atoms with Crippen molar-refractivity contribution in [1.82, 2.24) is 9.80 Å². The number of likely N-dealkylation sites (tertiary alicyclic amines) is 1. The van der Waals surface area contributed by atoms with E-state index in [9.17, 15) is 34.2 Å². The van der Waals surface area contributed by atoms with E-state index in [1.165, 1.54) is 23.0 Å². The number of rotatable bonds is 5. The quantitative estimate of drug-likeness (QED) is 0.437. The van der Waals surface area contributed by atoms with Crippen molar-refractivity contribution >= 4 is 29.0 Å². The molecule has 10 heteroatoms. The second kappa shape index (κ2) is 10.5. The van der Waals surface area contributed by atoms with E-state index in [0.717, 1.165) is 30.5 Å². The molecule has 0 radical (unpaired) electrons. The molecule has 4 N–H and O–H groups in total. The Labute approximate surface area is 249 Å². The van der Waals surface area contributed by atoms with Gasteiger partial charge in [-0.1, -0.05) is 30.3 Å². The van der Waals surface area contributed by atoms with Gasteiger partial charge in [0.1, 0.15) is 5.75 Å². The van der Waals surface area contributed by atoms with Gasteiger partial charge in [-0.3, -0.25) is 28.9 Å². The first-order valence-electron chi connectivity index (χ1n) is 14.8. The Hall–Kier alpha value is -3.73. The van der Waals surface area contributed by atoms with Crippen molar-refractivity contribution in [3.8, 4) is 16.9 Å². The Bertz CT molecular complexity index is 1550. The zero-order chi connectivity index (χ0) is 31.0. The number of Topliss-reactive ketones (excluding diaryl/α,β-unsaturated/α-hetero) is 4. The molecule has 2 aromatic carbocycles. The summed E-state index contributed by atoms with van der Waals surface area (Å²) in [7, 11) is 5.28. The summed E-state index contributed by atoms with van der Waals surface area (Å²) in [5, 5.41) is 22.6. The predicted octanol–water partition coefficient (Wildman–Crippen LogP) is 1.17. The van der Waals surface area contributed by atoms with Gasteiger partial charge in [0, 0.05) is 12.0 Å². The summed E-state index contributed by atoms with van der Waals surface area (Å²) in [6.45, 7) is 1.10. The van der Waals surface area contributed by atoms with Crippen LogP contribution in [0.1, 0.15) is 40.7 Å². The largest absolute Gasteiger partial charge is 0.507 e. The van der Waals surface area contributed by atoms with E-state index in [1.54, 1.807) is 20.2 Å². The molecule has 7 atom stereocenters. The minimum Gasteiger partial charge on any atom is -0.507 e. The molecule has 43 heavy (non-hydrogen) atoms. The molecule has 3 aliphatic carbocycles. The summed E-state index contributed by atoms with van der Waals surface area (Å²) in [5.74, 6) is -10.4. The molecule has 1 saturated heterocycles. The number of primary amides is 1. The first-order valence-corrected chi connectivity index (χ1v) is 14.8. The molecular formula is C33H37N3O7. The van der Waals surface area contributed by atoms with Crippen LogP contribution in [-0.4, -0.2) is 94.4 Å². The maximum atomic E-state index is 14.0. The van der Waals surface area contributed by atoms with E-state index >= 15 is 0 Å². The summed E-state index contributed by atoms with van der Waals surface area (Å²) in [5.41, 5.74) is 6.08. The van der Waals surface area contributed by atoms with E-state index in [1.807, 2.05) is 12.1 Å². The number of phenolic OH excluding ortho intramolecular Hbond substituents is 1. The van der Waals surface area contributed by atoms with E-state index in [-0.39, 0.29) is 24.2 Å². The van der Waals surface area contributed by atoms with Crippen LogP contribution in [0.5, 0.6) is 5.75 Å². The van der Waals surface area contributed by atoms with Gasteiger partial charge >= 0.3 is 0 Å². The molecule has 3 fully saturated rings. The number of amides is 1. The number of aliphatic hydroxyl groups is 1. The zero-order valence-electron chi connectivity index (χ0n) is 24.6. The SMILES string of the molecule is CN1CCCC1Cc1ccc(-c2ccc(O)c3c2C[C@H]2C[C@H]4[C@H](N(C)C)C(=O)C(C(N)=O)C(=O)[C@@]4(O)C(=O)C2C3=O)cc1. The summed E-state index contributed by atoms with van der Waals surface area (Å²) >= 11 is 0. The van der Waals surface area contributed by atoms with E-state index in [2.05, 4.69) is 24.1 Å². The minimum absolute atomic E-state index is 0.000697. The van der Waals surface area contributed by atoms with Crippen molar-refractivity contribution in [2.24, 2.45) is 29.4 Å². The van der Waals surface area contributed by atoms with Crippen molar-refractivity contribution in [2.45, 2.75) is 49.8 Å². The van der Waals surface area contributed by atoms with Crippen LogP contribution in [-0.2, 0) is 32.0 Å². The number of carbonyl (C=O) groups is 5. The highest BCUT2D eigenvalue weighted by molar-refractivity contribution is 6.32. The highest BCUT2D eigenvalue weighted by Crippen LogP contribution is 2.51. The average molecular weight is 588 g/mol. The van der Waals surface area contributed by atoms with Gasteiger partial charge in [0.2, 0.25) is 5.91 Å². The minimum atomic E-state index is -2.73. The van der Waals surface area contributed by atoms with Crippen LogP contribution in [0.3, 0.4) is 0 Å². The van der Waals surface area contributed by atoms with Gasteiger partial charge < -0.3 is 20.8 Å². The van der Waals surface area contributed by atoms with Crippen molar-refractivity contribution in [3.05, 3.63) is 53.1 Å². The molecule has 10 nitrogen and oxygen atoms in total. The Morgan fingerprint density at radius 3 is 2.37 bits per heavy atom.